The van der Waals surface area contributed by atoms with Gasteiger partial charge in [0.1, 0.15) is 13.2 Å². The summed E-state index contributed by atoms with van der Waals surface area (Å²) in [4.78, 5) is 38.1. The van der Waals surface area contributed by atoms with Crippen molar-refractivity contribution in [1.29, 1.82) is 0 Å². The molecule has 0 aromatic heterocycles. The van der Waals surface area contributed by atoms with Crippen LogP contribution < -0.4 is 0 Å². The van der Waals surface area contributed by atoms with Crippen molar-refractivity contribution >= 4 is 17.9 Å². The van der Waals surface area contributed by atoms with Gasteiger partial charge in [0, 0.05) is 19.3 Å². The maximum absolute atomic E-state index is 12.9. The normalized spacial score (nSPS) is 12.9. The van der Waals surface area contributed by atoms with Crippen LogP contribution in [-0.4, -0.2) is 37.2 Å². The molecule has 0 rings (SSSR count). The predicted octanol–water partition coefficient (Wildman–Crippen LogP) is 19.1. The van der Waals surface area contributed by atoms with Gasteiger partial charge >= 0.3 is 17.9 Å². The topological polar surface area (TPSA) is 78.9 Å². The smallest absolute Gasteiger partial charge is 0.306 e. The van der Waals surface area contributed by atoms with Crippen molar-refractivity contribution < 1.29 is 28.6 Å². The van der Waals surface area contributed by atoms with Crippen molar-refractivity contribution in [2.45, 2.75) is 258 Å². The zero-order chi connectivity index (χ0) is 50.0. The standard InChI is InChI=1S/C63H104O6/c1-4-7-10-13-16-19-22-25-28-30-31-33-35-38-41-44-47-50-53-56-62(65)68-59-60(58-67-61(64)55-52-49-46-43-40-37-34-27-24-21-18-15-12-9-6-3)69-63(66)57-54-51-48-45-42-39-36-32-29-26-23-20-17-14-11-8-5-2/h7,10,16-17,19-21,24-26,28-29,31,33,38,41,47,50,60H,4-6,8-9,11-15,18,22-23,27,30,32,34-37,39-40,42-46,48-49,51-59H2,1-3H3/b10-7+,19-16+,20-17+,24-21+,28-25+,29-26+,33-31+,41-38+,50-47+/t60-/m1/s1. The highest BCUT2D eigenvalue weighted by Crippen LogP contribution is 2.14. The summed E-state index contributed by atoms with van der Waals surface area (Å²) in [6.45, 7) is 6.41. The second kappa shape index (κ2) is 56.7. The molecule has 0 aromatic rings. The van der Waals surface area contributed by atoms with E-state index in [1.54, 1.807) is 0 Å². The maximum atomic E-state index is 12.9. The zero-order valence-electron chi connectivity index (χ0n) is 44.8. The first-order chi connectivity index (χ1) is 34.0. The van der Waals surface area contributed by atoms with Crippen LogP contribution in [0.5, 0.6) is 0 Å². The van der Waals surface area contributed by atoms with Gasteiger partial charge in [0.25, 0.3) is 0 Å². The minimum Gasteiger partial charge on any atom is -0.462 e. The molecule has 1 atom stereocenters. The summed E-state index contributed by atoms with van der Waals surface area (Å²) in [5, 5.41) is 0. The molecule has 6 heteroatoms. The molecule has 0 bridgehead atoms. The Morgan fingerprint density at radius 2 is 0.594 bits per heavy atom. The molecule has 0 aliphatic carbocycles. The number of carbonyl (C=O) groups excluding carboxylic acids is 3. The molecule has 6 nitrogen and oxygen atoms in total. The fourth-order valence-electron chi connectivity index (χ4n) is 7.49. The van der Waals surface area contributed by atoms with Gasteiger partial charge in [-0.1, -0.05) is 226 Å². The molecule has 0 N–H and O–H groups in total. The third kappa shape index (κ3) is 54.9. The van der Waals surface area contributed by atoms with Gasteiger partial charge < -0.3 is 14.2 Å². The minimum atomic E-state index is -0.817. The van der Waals surface area contributed by atoms with Crippen molar-refractivity contribution in [3.05, 3.63) is 109 Å². The molecule has 392 valence electrons. The minimum absolute atomic E-state index is 0.108. The number of ether oxygens (including phenoxy) is 3. The molecule has 69 heavy (non-hydrogen) atoms. The van der Waals surface area contributed by atoms with Crippen molar-refractivity contribution in [3.8, 4) is 0 Å². The number of hydrogen-bond acceptors (Lipinski definition) is 6. The Bertz CT molecular complexity index is 1420. The molecule has 0 aromatic carbocycles. The molecular weight excluding hydrogens is 853 g/mol. The Balaban J connectivity index is 4.53. The highest BCUT2D eigenvalue weighted by atomic mass is 16.6. The lowest BCUT2D eigenvalue weighted by atomic mass is 10.1. The van der Waals surface area contributed by atoms with E-state index in [4.69, 9.17) is 14.2 Å². The second-order valence-corrected chi connectivity index (χ2v) is 18.5. The van der Waals surface area contributed by atoms with Crippen LogP contribution in [0.1, 0.15) is 252 Å². The molecule has 0 saturated heterocycles. The average molecular weight is 958 g/mol. The van der Waals surface area contributed by atoms with E-state index in [9.17, 15) is 14.4 Å². The molecule has 0 amide bonds. The van der Waals surface area contributed by atoms with E-state index in [2.05, 4.69) is 124 Å². The molecular formula is C63H104O6. The second-order valence-electron chi connectivity index (χ2n) is 18.5. The Hall–Kier alpha value is -3.93. The van der Waals surface area contributed by atoms with Crippen LogP contribution in [0.4, 0.5) is 0 Å². The van der Waals surface area contributed by atoms with E-state index in [-0.39, 0.29) is 37.5 Å². The van der Waals surface area contributed by atoms with E-state index < -0.39 is 6.10 Å². The Labute approximate surface area is 425 Å². The van der Waals surface area contributed by atoms with Crippen molar-refractivity contribution in [1.82, 2.24) is 0 Å². The van der Waals surface area contributed by atoms with Gasteiger partial charge in [-0.2, -0.15) is 0 Å². The van der Waals surface area contributed by atoms with Crippen LogP contribution in [-0.2, 0) is 28.6 Å². The quantitative estimate of drug-likeness (QED) is 0.0262. The van der Waals surface area contributed by atoms with Crippen LogP contribution >= 0.6 is 0 Å². The van der Waals surface area contributed by atoms with E-state index in [1.165, 1.54) is 116 Å². The van der Waals surface area contributed by atoms with E-state index in [1.807, 2.05) is 6.08 Å². The summed E-state index contributed by atoms with van der Waals surface area (Å²) in [5.74, 6) is -1.01. The number of esters is 3. The highest BCUT2D eigenvalue weighted by molar-refractivity contribution is 5.71. The zero-order valence-corrected chi connectivity index (χ0v) is 44.8. The van der Waals surface area contributed by atoms with E-state index >= 15 is 0 Å². The van der Waals surface area contributed by atoms with E-state index in [0.717, 1.165) is 89.9 Å². The first-order valence-corrected chi connectivity index (χ1v) is 28.4. The molecule has 0 spiro atoms. The molecule has 0 fully saturated rings. The maximum Gasteiger partial charge on any atom is 0.306 e. The predicted molar refractivity (Wildman–Crippen MR) is 297 cm³/mol. The first kappa shape index (κ1) is 65.1. The fourth-order valence-corrected chi connectivity index (χ4v) is 7.49. The van der Waals surface area contributed by atoms with Gasteiger partial charge in [-0.25, -0.2) is 0 Å². The third-order valence-corrected chi connectivity index (χ3v) is 11.7. The van der Waals surface area contributed by atoms with Gasteiger partial charge in [-0.15, -0.1) is 0 Å². The van der Waals surface area contributed by atoms with Gasteiger partial charge in [-0.3, -0.25) is 14.4 Å². The molecule has 0 aliphatic heterocycles. The van der Waals surface area contributed by atoms with Crippen molar-refractivity contribution in [3.63, 3.8) is 0 Å². The SMILES string of the molecule is CC/C=C/C/C=C/C/C=C/C/C=C/C/C=C/C/C=C/CCC(=O)OC[C@@H](COC(=O)CCCCCCCCC/C=C/CCCCCC)OC(=O)CCCCCCCCC/C=C/C/C=C/CCCCC. The lowest BCUT2D eigenvalue weighted by Gasteiger charge is -2.18. The van der Waals surface area contributed by atoms with Crippen LogP contribution in [0.15, 0.2) is 109 Å². The molecule has 0 unspecified atom stereocenters. The monoisotopic (exact) mass is 957 g/mol. The van der Waals surface area contributed by atoms with Gasteiger partial charge in [-0.05, 0) is 116 Å². The van der Waals surface area contributed by atoms with Gasteiger partial charge in [0.15, 0.2) is 6.10 Å². The molecule has 0 radical (unpaired) electrons. The lowest BCUT2D eigenvalue weighted by Crippen LogP contribution is -2.30. The number of carbonyl (C=O) groups is 3. The van der Waals surface area contributed by atoms with E-state index in [0.29, 0.717) is 19.3 Å². The highest BCUT2D eigenvalue weighted by Gasteiger charge is 2.19. The first-order valence-electron chi connectivity index (χ1n) is 28.4. The van der Waals surface area contributed by atoms with Gasteiger partial charge in [0.05, 0.1) is 0 Å². The molecule has 0 saturated carbocycles. The summed E-state index contributed by atoms with van der Waals surface area (Å²) in [6.07, 6.45) is 76.5. The number of unbranched alkanes of at least 4 members (excludes halogenated alkanes) is 21. The van der Waals surface area contributed by atoms with Crippen LogP contribution in [0.2, 0.25) is 0 Å². The number of rotatable bonds is 50. The van der Waals surface area contributed by atoms with Crippen LogP contribution in [0, 0.1) is 0 Å². The van der Waals surface area contributed by atoms with Crippen molar-refractivity contribution in [2.75, 3.05) is 13.2 Å². The van der Waals surface area contributed by atoms with Crippen LogP contribution in [0.3, 0.4) is 0 Å². The largest absolute Gasteiger partial charge is 0.462 e. The third-order valence-electron chi connectivity index (χ3n) is 11.7. The number of hydrogen-bond donors (Lipinski definition) is 0. The van der Waals surface area contributed by atoms with Crippen LogP contribution in [0.25, 0.3) is 0 Å². The Kier molecular flexibility index (Phi) is 53.4. The number of allylic oxidation sites excluding steroid dienone is 18. The summed E-state index contributed by atoms with van der Waals surface area (Å²) < 4.78 is 16.8. The Morgan fingerprint density at radius 1 is 0.304 bits per heavy atom. The lowest BCUT2D eigenvalue weighted by molar-refractivity contribution is -0.166. The van der Waals surface area contributed by atoms with Gasteiger partial charge in [0.2, 0.25) is 0 Å². The average Bonchev–Trinajstić information content (AvgIpc) is 3.35. The summed E-state index contributed by atoms with van der Waals surface area (Å²) >= 11 is 0. The molecule has 0 heterocycles. The summed E-state index contributed by atoms with van der Waals surface area (Å²) in [6, 6.07) is 0. The Morgan fingerprint density at radius 3 is 1.01 bits per heavy atom. The van der Waals surface area contributed by atoms with Crippen molar-refractivity contribution in [2.24, 2.45) is 0 Å². The fraction of sp³-hybridized carbons (Fsp3) is 0.667. The summed E-state index contributed by atoms with van der Waals surface area (Å²) in [7, 11) is 0. The molecule has 0 aliphatic rings. The summed E-state index contributed by atoms with van der Waals surface area (Å²) in [5.41, 5.74) is 0.